The van der Waals surface area contributed by atoms with Gasteiger partial charge in [0.2, 0.25) is 5.28 Å². The van der Waals surface area contributed by atoms with Gasteiger partial charge in [0.1, 0.15) is 15.5 Å². The normalized spacial score (nSPS) is 21.3. The molecule has 7 heteroatoms. The number of hydrogen-bond acceptors (Lipinski definition) is 6. The van der Waals surface area contributed by atoms with Gasteiger partial charge >= 0.3 is 5.97 Å². The van der Waals surface area contributed by atoms with E-state index in [1.807, 2.05) is 6.92 Å². The van der Waals surface area contributed by atoms with Crippen LogP contribution in [0.1, 0.15) is 42.4 Å². The van der Waals surface area contributed by atoms with E-state index in [1.54, 1.807) is 6.92 Å². The van der Waals surface area contributed by atoms with Crippen molar-refractivity contribution in [2.45, 2.75) is 34.1 Å². The van der Waals surface area contributed by atoms with Crippen LogP contribution in [0, 0.1) is 18.8 Å². The van der Waals surface area contributed by atoms with Gasteiger partial charge in [0.05, 0.1) is 12.0 Å². The largest absolute Gasteiger partial charge is 0.462 e. The Morgan fingerprint density at radius 2 is 2.00 bits per heavy atom. The molecule has 2 atom stereocenters. The highest BCUT2D eigenvalue weighted by molar-refractivity contribution is 7.20. The lowest BCUT2D eigenvalue weighted by Crippen LogP contribution is -2.39. The molecule has 5 nitrogen and oxygen atoms in total. The van der Waals surface area contributed by atoms with Gasteiger partial charge in [-0.05, 0) is 49.3 Å². The number of nitrogens with zero attached hydrogens (tertiary/aromatic N) is 3. The Bertz CT molecular complexity index is 767. The van der Waals surface area contributed by atoms with Crippen molar-refractivity contribution in [3.05, 3.63) is 15.7 Å². The SMILES string of the molecule is CCOC(=O)c1sc2nc(Cl)nc(N3CC(C)CC(C)C3)c2c1C. The molecule has 0 aliphatic carbocycles. The Morgan fingerprint density at radius 3 is 2.62 bits per heavy atom. The van der Waals surface area contributed by atoms with Crippen LogP contribution in [0.4, 0.5) is 5.82 Å². The second kappa shape index (κ2) is 6.84. The van der Waals surface area contributed by atoms with Crippen molar-refractivity contribution in [3.63, 3.8) is 0 Å². The van der Waals surface area contributed by atoms with E-state index in [2.05, 4.69) is 28.7 Å². The van der Waals surface area contributed by atoms with Crippen LogP contribution in [0.5, 0.6) is 0 Å². The number of fused-ring (bicyclic) bond motifs is 1. The van der Waals surface area contributed by atoms with Crippen LogP contribution < -0.4 is 4.90 Å². The Morgan fingerprint density at radius 1 is 1.33 bits per heavy atom. The minimum absolute atomic E-state index is 0.222. The Hall–Kier alpha value is -1.40. The highest BCUT2D eigenvalue weighted by Crippen LogP contribution is 2.38. The molecule has 3 heterocycles. The zero-order chi connectivity index (χ0) is 17.4. The first-order valence-electron chi connectivity index (χ1n) is 8.29. The van der Waals surface area contributed by atoms with Crippen LogP contribution in [0.25, 0.3) is 10.2 Å². The third-order valence-corrected chi connectivity index (χ3v) is 5.71. The fourth-order valence-corrected chi connectivity index (χ4v) is 4.83. The summed E-state index contributed by atoms with van der Waals surface area (Å²) < 4.78 is 5.16. The number of carbonyl (C=O) groups excluding carboxylic acids is 1. The van der Waals surface area contributed by atoms with E-state index in [-0.39, 0.29) is 11.3 Å². The summed E-state index contributed by atoms with van der Waals surface area (Å²) in [6.07, 6.45) is 1.22. The predicted octanol–water partition coefficient (Wildman–Crippen LogP) is 4.31. The number of carbonyl (C=O) groups is 1. The smallest absolute Gasteiger partial charge is 0.348 e. The highest BCUT2D eigenvalue weighted by atomic mass is 35.5. The summed E-state index contributed by atoms with van der Waals surface area (Å²) >= 11 is 7.49. The topological polar surface area (TPSA) is 55.3 Å². The fourth-order valence-electron chi connectivity index (χ4n) is 3.55. The van der Waals surface area contributed by atoms with Crippen LogP contribution in [-0.2, 0) is 4.74 Å². The number of aryl methyl sites for hydroxylation is 1. The minimum atomic E-state index is -0.305. The molecule has 1 aliphatic heterocycles. The summed E-state index contributed by atoms with van der Waals surface area (Å²) in [4.78, 5) is 24.7. The molecular weight excluding hydrogens is 346 g/mol. The van der Waals surface area contributed by atoms with Crippen molar-refractivity contribution < 1.29 is 9.53 Å². The average Bonchev–Trinajstić information content (AvgIpc) is 2.82. The molecule has 24 heavy (non-hydrogen) atoms. The summed E-state index contributed by atoms with van der Waals surface area (Å²) in [6.45, 7) is 10.5. The van der Waals surface area contributed by atoms with Gasteiger partial charge in [-0.25, -0.2) is 9.78 Å². The molecule has 0 spiro atoms. The van der Waals surface area contributed by atoms with Crippen molar-refractivity contribution in [1.82, 2.24) is 9.97 Å². The zero-order valence-electron chi connectivity index (χ0n) is 14.4. The molecule has 0 N–H and O–H groups in total. The second-order valence-corrected chi connectivity index (χ2v) is 7.96. The molecule has 130 valence electrons. The number of piperidine rings is 1. The van der Waals surface area contributed by atoms with Crippen molar-refractivity contribution in [2.75, 3.05) is 24.6 Å². The van der Waals surface area contributed by atoms with Crippen molar-refractivity contribution in [3.8, 4) is 0 Å². The molecular formula is C17H22ClN3O2S. The third kappa shape index (κ3) is 3.22. The first-order chi connectivity index (χ1) is 11.4. The standard InChI is InChI=1S/C17H22ClN3O2S/c1-5-23-16(22)13-11(4)12-14(19-17(18)20-15(12)24-13)21-7-9(2)6-10(3)8-21/h9-10H,5-8H2,1-4H3. The van der Waals surface area contributed by atoms with Crippen LogP contribution >= 0.6 is 22.9 Å². The lowest BCUT2D eigenvalue weighted by Gasteiger charge is -2.36. The molecule has 2 unspecified atom stereocenters. The van der Waals surface area contributed by atoms with Gasteiger partial charge in [0.25, 0.3) is 0 Å². The number of ether oxygens (including phenoxy) is 1. The fraction of sp³-hybridized carbons (Fsp3) is 0.588. The van der Waals surface area contributed by atoms with Gasteiger partial charge in [-0.1, -0.05) is 13.8 Å². The number of halogens is 1. The van der Waals surface area contributed by atoms with E-state index in [9.17, 15) is 4.79 Å². The quantitative estimate of drug-likeness (QED) is 0.597. The van der Waals surface area contributed by atoms with Gasteiger partial charge in [0.15, 0.2) is 0 Å². The maximum Gasteiger partial charge on any atom is 0.348 e. The van der Waals surface area contributed by atoms with Crippen LogP contribution in [-0.4, -0.2) is 35.6 Å². The first kappa shape index (κ1) is 17.4. The molecule has 2 aromatic heterocycles. The summed E-state index contributed by atoms with van der Waals surface area (Å²) in [5.74, 6) is 1.73. The summed E-state index contributed by atoms with van der Waals surface area (Å²) in [5, 5.41) is 1.15. The van der Waals surface area contributed by atoms with E-state index < -0.39 is 0 Å². The molecule has 0 radical (unpaired) electrons. The number of thiophene rings is 1. The second-order valence-electron chi connectivity index (χ2n) is 6.62. The lowest BCUT2D eigenvalue weighted by atomic mass is 9.92. The van der Waals surface area contributed by atoms with Gasteiger partial charge in [-0.15, -0.1) is 11.3 Å². The van der Waals surface area contributed by atoms with Crippen molar-refractivity contribution in [2.24, 2.45) is 11.8 Å². The molecule has 1 saturated heterocycles. The van der Waals surface area contributed by atoms with E-state index in [4.69, 9.17) is 16.3 Å². The highest BCUT2D eigenvalue weighted by Gasteiger charge is 2.28. The molecule has 1 aliphatic rings. The molecule has 3 rings (SSSR count). The Kier molecular flexibility index (Phi) is 4.97. The maximum atomic E-state index is 12.2. The van der Waals surface area contributed by atoms with E-state index >= 15 is 0 Å². The number of aromatic nitrogens is 2. The minimum Gasteiger partial charge on any atom is -0.462 e. The Labute approximate surface area is 151 Å². The van der Waals surface area contributed by atoms with Crippen LogP contribution in [0.15, 0.2) is 0 Å². The third-order valence-electron chi connectivity index (χ3n) is 4.37. The number of hydrogen-bond donors (Lipinski definition) is 0. The van der Waals surface area contributed by atoms with E-state index in [0.29, 0.717) is 23.3 Å². The van der Waals surface area contributed by atoms with Crippen molar-refractivity contribution in [1.29, 1.82) is 0 Å². The molecule has 1 fully saturated rings. The number of rotatable bonds is 3. The monoisotopic (exact) mass is 367 g/mol. The van der Waals surface area contributed by atoms with Crippen LogP contribution in [0.2, 0.25) is 5.28 Å². The van der Waals surface area contributed by atoms with Crippen molar-refractivity contribution >= 4 is 44.9 Å². The summed E-state index contributed by atoms with van der Waals surface area (Å²) in [5.41, 5.74) is 0.881. The van der Waals surface area contributed by atoms with E-state index in [0.717, 1.165) is 34.7 Å². The van der Waals surface area contributed by atoms with Gasteiger partial charge < -0.3 is 9.64 Å². The molecule has 2 aromatic rings. The molecule has 0 amide bonds. The number of anilines is 1. The predicted molar refractivity (Wildman–Crippen MR) is 98.3 cm³/mol. The number of esters is 1. The zero-order valence-corrected chi connectivity index (χ0v) is 16.0. The van der Waals surface area contributed by atoms with Gasteiger partial charge in [0, 0.05) is 13.1 Å². The lowest BCUT2D eigenvalue weighted by molar-refractivity contribution is 0.0531. The average molecular weight is 368 g/mol. The first-order valence-corrected chi connectivity index (χ1v) is 9.48. The maximum absolute atomic E-state index is 12.2. The summed E-state index contributed by atoms with van der Waals surface area (Å²) in [7, 11) is 0. The molecule has 0 aromatic carbocycles. The van der Waals surface area contributed by atoms with Gasteiger partial charge in [-0.2, -0.15) is 4.98 Å². The molecule has 0 saturated carbocycles. The summed E-state index contributed by atoms with van der Waals surface area (Å²) in [6, 6.07) is 0. The van der Waals surface area contributed by atoms with Crippen LogP contribution in [0.3, 0.4) is 0 Å². The van der Waals surface area contributed by atoms with Gasteiger partial charge in [-0.3, -0.25) is 0 Å². The Balaban J connectivity index is 2.12. The van der Waals surface area contributed by atoms with E-state index in [1.165, 1.54) is 17.8 Å². The molecule has 0 bridgehead atoms.